The molecule has 2 aliphatic rings. The Hall–Kier alpha value is -2.01. The zero-order chi connectivity index (χ0) is 16.4. The van der Waals surface area contributed by atoms with Gasteiger partial charge in [0.1, 0.15) is 13.2 Å². The van der Waals surface area contributed by atoms with Crippen molar-refractivity contribution in [3.8, 4) is 11.5 Å². The predicted octanol–water partition coefficient (Wildman–Crippen LogP) is 3.82. The van der Waals surface area contributed by atoms with Crippen LogP contribution in [0.4, 0.5) is 0 Å². The average Bonchev–Trinajstić information content (AvgIpc) is 3.31. The summed E-state index contributed by atoms with van der Waals surface area (Å²) in [5.41, 5.74) is 2.41. The molecule has 126 valence electrons. The Morgan fingerprint density at radius 2 is 2.08 bits per heavy atom. The Balaban J connectivity index is 1.47. The number of carbonyl (C=O) groups is 1. The first-order valence-corrected chi connectivity index (χ1v) is 9.45. The number of nitrogens with zero attached hydrogens (tertiary/aromatic N) is 1. The number of fused-ring (bicyclic) bond motifs is 1. The number of likely N-dealkylation sites (tertiary alicyclic amines) is 1. The first-order valence-electron chi connectivity index (χ1n) is 8.51. The van der Waals surface area contributed by atoms with Crippen molar-refractivity contribution in [1.82, 2.24) is 4.90 Å². The molecular weight excluding hydrogens is 322 g/mol. The number of thiophene rings is 1. The van der Waals surface area contributed by atoms with Gasteiger partial charge in [-0.3, -0.25) is 4.79 Å². The molecule has 24 heavy (non-hydrogen) atoms. The third-order valence-electron chi connectivity index (χ3n) is 4.73. The van der Waals surface area contributed by atoms with Gasteiger partial charge in [-0.2, -0.15) is 11.3 Å². The molecule has 1 fully saturated rings. The van der Waals surface area contributed by atoms with E-state index in [9.17, 15) is 4.79 Å². The lowest BCUT2D eigenvalue weighted by Crippen LogP contribution is -2.30. The highest BCUT2D eigenvalue weighted by molar-refractivity contribution is 7.07. The maximum absolute atomic E-state index is 12.7. The Bertz CT molecular complexity index is 713. The number of carbonyl (C=O) groups excluding carboxylic acids is 1. The maximum Gasteiger partial charge on any atom is 0.223 e. The Kier molecular flexibility index (Phi) is 4.43. The van der Waals surface area contributed by atoms with Gasteiger partial charge in [0.15, 0.2) is 11.5 Å². The molecule has 2 aromatic rings. The zero-order valence-corrected chi connectivity index (χ0v) is 14.4. The van der Waals surface area contributed by atoms with E-state index in [1.54, 1.807) is 11.3 Å². The van der Waals surface area contributed by atoms with E-state index in [-0.39, 0.29) is 11.9 Å². The molecule has 1 unspecified atom stereocenters. The van der Waals surface area contributed by atoms with Crippen molar-refractivity contribution < 1.29 is 14.3 Å². The fraction of sp³-hybridized carbons (Fsp3) is 0.421. The third-order valence-corrected chi connectivity index (χ3v) is 5.46. The fourth-order valence-corrected chi connectivity index (χ4v) is 4.21. The van der Waals surface area contributed by atoms with Gasteiger partial charge in [-0.15, -0.1) is 0 Å². The van der Waals surface area contributed by atoms with Crippen LogP contribution in [0.2, 0.25) is 0 Å². The number of hydrogen-bond acceptors (Lipinski definition) is 4. The molecule has 1 atom stereocenters. The van der Waals surface area contributed by atoms with Crippen LogP contribution in [0.3, 0.4) is 0 Å². The molecule has 5 heteroatoms. The van der Waals surface area contributed by atoms with Crippen LogP contribution in [0.25, 0.3) is 0 Å². The minimum atomic E-state index is 0.163. The highest BCUT2D eigenvalue weighted by Gasteiger charge is 2.30. The van der Waals surface area contributed by atoms with E-state index in [0.717, 1.165) is 42.9 Å². The van der Waals surface area contributed by atoms with Gasteiger partial charge in [-0.1, -0.05) is 6.07 Å². The van der Waals surface area contributed by atoms with Crippen LogP contribution in [0, 0.1) is 0 Å². The van der Waals surface area contributed by atoms with Gasteiger partial charge in [0.2, 0.25) is 5.91 Å². The summed E-state index contributed by atoms with van der Waals surface area (Å²) in [6.07, 6.45) is 3.48. The minimum Gasteiger partial charge on any atom is -0.486 e. The molecule has 0 bridgehead atoms. The number of rotatable bonds is 4. The smallest absolute Gasteiger partial charge is 0.223 e. The van der Waals surface area contributed by atoms with Gasteiger partial charge in [-0.05, 0) is 59.3 Å². The largest absolute Gasteiger partial charge is 0.486 e. The molecule has 1 amide bonds. The summed E-state index contributed by atoms with van der Waals surface area (Å²) in [4.78, 5) is 14.7. The van der Waals surface area contributed by atoms with Gasteiger partial charge in [-0.25, -0.2) is 0 Å². The summed E-state index contributed by atoms with van der Waals surface area (Å²) in [5.74, 6) is 1.85. The van der Waals surface area contributed by atoms with Crippen molar-refractivity contribution >= 4 is 17.2 Å². The second-order valence-corrected chi connectivity index (χ2v) is 7.06. The van der Waals surface area contributed by atoms with Gasteiger partial charge in [0.25, 0.3) is 0 Å². The van der Waals surface area contributed by atoms with Crippen molar-refractivity contribution in [3.05, 3.63) is 46.2 Å². The van der Waals surface area contributed by atoms with E-state index >= 15 is 0 Å². The van der Waals surface area contributed by atoms with Crippen molar-refractivity contribution in [3.63, 3.8) is 0 Å². The molecule has 4 nitrogen and oxygen atoms in total. The summed E-state index contributed by atoms with van der Waals surface area (Å²) >= 11 is 1.68. The SMILES string of the molecule is O=C(CCc1ccsc1)N1CCCC1c1ccc2c(c1)OCCO2. The molecule has 0 spiro atoms. The number of aryl methyl sites for hydroxylation is 1. The number of ether oxygens (including phenoxy) is 2. The van der Waals surface area contributed by atoms with Crippen LogP contribution in [0.5, 0.6) is 11.5 Å². The van der Waals surface area contributed by atoms with Crippen LogP contribution >= 0.6 is 11.3 Å². The topological polar surface area (TPSA) is 38.8 Å². The molecule has 1 saturated heterocycles. The molecule has 1 aromatic carbocycles. The standard InChI is InChI=1S/C19H21NO3S/c21-19(6-3-14-7-11-24-13-14)20-8-1-2-16(20)15-4-5-17-18(12-15)23-10-9-22-17/h4-5,7,11-13,16H,1-3,6,8-10H2. The van der Waals surface area contributed by atoms with E-state index in [2.05, 4.69) is 22.9 Å². The highest BCUT2D eigenvalue weighted by atomic mass is 32.1. The van der Waals surface area contributed by atoms with Gasteiger partial charge >= 0.3 is 0 Å². The van der Waals surface area contributed by atoms with E-state index in [4.69, 9.17) is 9.47 Å². The first-order chi connectivity index (χ1) is 11.8. The molecular formula is C19H21NO3S. The Morgan fingerprint density at radius 3 is 2.92 bits per heavy atom. The van der Waals surface area contributed by atoms with Crippen LogP contribution in [-0.4, -0.2) is 30.6 Å². The van der Waals surface area contributed by atoms with Crippen molar-refractivity contribution in [2.24, 2.45) is 0 Å². The highest BCUT2D eigenvalue weighted by Crippen LogP contribution is 2.38. The predicted molar refractivity (Wildman–Crippen MR) is 93.8 cm³/mol. The van der Waals surface area contributed by atoms with Gasteiger partial charge in [0, 0.05) is 13.0 Å². The lowest BCUT2D eigenvalue weighted by atomic mass is 10.0. The van der Waals surface area contributed by atoms with Crippen LogP contribution in [-0.2, 0) is 11.2 Å². The summed E-state index contributed by atoms with van der Waals surface area (Å²) in [6, 6.07) is 8.35. The van der Waals surface area contributed by atoms with Crippen LogP contribution in [0.15, 0.2) is 35.0 Å². The molecule has 4 rings (SSSR count). The quantitative estimate of drug-likeness (QED) is 0.847. The molecule has 2 aliphatic heterocycles. The van der Waals surface area contributed by atoms with Crippen LogP contribution in [0.1, 0.15) is 36.4 Å². The van der Waals surface area contributed by atoms with Crippen LogP contribution < -0.4 is 9.47 Å². The van der Waals surface area contributed by atoms with Gasteiger partial charge < -0.3 is 14.4 Å². The summed E-state index contributed by atoms with van der Waals surface area (Å²) in [6.45, 7) is 2.04. The summed E-state index contributed by atoms with van der Waals surface area (Å²) in [5, 5.41) is 4.18. The first kappa shape index (κ1) is 15.5. The van der Waals surface area contributed by atoms with Crippen molar-refractivity contribution in [2.45, 2.75) is 31.7 Å². The Morgan fingerprint density at radius 1 is 1.21 bits per heavy atom. The number of benzene rings is 1. The molecule has 0 saturated carbocycles. The zero-order valence-electron chi connectivity index (χ0n) is 13.6. The maximum atomic E-state index is 12.7. The van der Waals surface area contributed by atoms with Gasteiger partial charge in [0.05, 0.1) is 6.04 Å². The molecule has 0 aliphatic carbocycles. The number of hydrogen-bond donors (Lipinski definition) is 0. The van der Waals surface area contributed by atoms with E-state index in [0.29, 0.717) is 19.6 Å². The fourth-order valence-electron chi connectivity index (χ4n) is 3.51. The second kappa shape index (κ2) is 6.85. The third kappa shape index (κ3) is 3.13. The summed E-state index contributed by atoms with van der Waals surface area (Å²) < 4.78 is 11.3. The lowest BCUT2D eigenvalue weighted by Gasteiger charge is -2.27. The monoisotopic (exact) mass is 343 g/mol. The van der Waals surface area contributed by atoms with E-state index in [1.165, 1.54) is 5.56 Å². The number of amides is 1. The molecule has 0 N–H and O–H groups in total. The second-order valence-electron chi connectivity index (χ2n) is 6.28. The molecule has 1 aromatic heterocycles. The van der Waals surface area contributed by atoms with Crippen molar-refractivity contribution in [1.29, 1.82) is 0 Å². The summed E-state index contributed by atoms with van der Waals surface area (Å²) in [7, 11) is 0. The normalized spacial score (nSPS) is 19.5. The molecule has 0 radical (unpaired) electrons. The molecule has 3 heterocycles. The average molecular weight is 343 g/mol. The van der Waals surface area contributed by atoms with Crippen molar-refractivity contribution in [2.75, 3.05) is 19.8 Å². The van der Waals surface area contributed by atoms with E-state index < -0.39 is 0 Å². The minimum absolute atomic E-state index is 0.163. The Labute approximate surface area is 146 Å². The lowest BCUT2D eigenvalue weighted by molar-refractivity contribution is -0.132. The van der Waals surface area contributed by atoms with E-state index in [1.807, 2.05) is 17.0 Å².